The van der Waals surface area contributed by atoms with Gasteiger partial charge in [0.25, 0.3) is 0 Å². The van der Waals surface area contributed by atoms with Crippen LogP contribution in [0.1, 0.15) is 0 Å². The number of fused-ring (bicyclic) bond motifs is 1. The normalized spacial score (nSPS) is 31.5. The van der Waals surface area contributed by atoms with Crippen molar-refractivity contribution in [3.8, 4) is 5.88 Å². The van der Waals surface area contributed by atoms with Crippen LogP contribution in [-0.4, -0.2) is 62.7 Å². The van der Waals surface area contributed by atoms with Gasteiger partial charge in [-0.05, 0) is 12.1 Å². The Balaban J connectivity index is 1.85. The molecule has 9 heteroatoms. The molecule has 2 heterocycles. The largest absolute Gasteiger partial charge is 0.447 e. The fourth-order valence-corrected chi connectivity index (χ4v) is 3.04. The second-order valence-corrected chi connectivity index (χ2v) is 6.14. The zero-order valence-corrected chi connectivity index (χ0v) is 13.2. The summed E-state index contributed by atoms with van der Waals surface area (Å²) in [5.41, 5.74) is 0.627. The molecular formula is C14H15Cl2NO6. The minimum absolute atomic E-state index is 0.230. The maximum atomic E-state index is 9.95. The molecule has 1 fully saturated rings. The number of halogens is 2. The smallest absolute Gasteiger partial charge is 0.230 e. The van der Waals surface area contributed by atoms with Gasteiger partial charge in [-0.2, -0.15) is 0 Å². The first-order chi connectivity index (χ1) is 10.9. The lowest BCUT2D eigenvalue weighted by atomic mass is 9.99. The number of benzene rings is 1. The molecule has 0 bridgehead atoms. The summed E-state index contributed by atoms with van der Waals surface area (Å²) in [5.74, 6) is 0.230. The minimum Gasteiger partial charge on any atom is -0.447 e. The second kappa shape index (κ2) is 6.45. The molecule has 126 valence electrons. The molecule has 5 atom stereocenters. The van der Waals surface area contributed by atoms with Crippen LogP contribution in [0, 0.1) is 0 Å². The van der Waals surface area contributed by atoms with Crippen molar-refractivity contribution in [2.75, 3.05) is 6.61 Å². The summed E-state index contributed by atoms with van der Waals surface area (Å²) < 4.78 is 10.8. The van der Waals surface area contributed by atoms with Crippen LogP contribution in [0.2, 0.25) is 10.0 Å². The highest BCUT2D eigenvalue weighted by molar-refractivity contribution is 6.38. The van der Waals surface area contributed by atoms with Crippen LogP contribution in [0.4, 0.5) is 0 Å². The van der Waals surface area contributed by atoms with Crippen molar-refractivity contribution in [2.45, 2.75) is 30.7 Å². The van der Waals surface area contributed by atoms with Crippen molar-refractivity contribution in [3.05, 3.63) is 28.2 Å². The topological polar surface area (TPSA) is 115 Å². The van der Waals surface area contributed by atoms with E-state index < -0.39 is 37.3 Å². The standard InChI is InChI=1S/C14H15Cl2NO6/c15-5-1-7(16)6-3-10(17-8(6)2-5)23-14-13(21)12(20)11(19)9(4-18)22-14/h1-3,9,11-14,17-21H,4H2/t9-,11+,12+,13-,14?/m1/s1. The van der Waals surface area contributed by atoms with Gasteiger partial charge >= 0.3 is 0 Å². The quantitative estimate of drug-likeness (QED) is 0.547. The number of hydrogen-bond donors (Lipinski definition) is 5. The van der Waals surface area contributed by atoms with Crippen LogP contribution in [0.3, 0.4) is 0 Å². The molecule has 1 saturated heterocycles. The summed E-state index contributed by atoms with van der Waals surface area (Å²) in [6.45, 7) is -0.529. The molecule has 2 aromatic rings. The van der Waals surface area contributed by atoms with E-state index in [1.165, 1.54) is 0 Å². The number of aliphatic hydroxyl groups is 4. The number of aromatic nitrogens is 1. The van der Waals surface area contributed by atoms with E-state index in [2.05, 4.69) is 4.98 Å². The Morgan fingerprint density at radius 1 is 1.09 bits per heavy atom. The van der Waals surface area contributed by atoms with Gasteiger partial charge in [-0.3, -0.25) is 0 Å². The summed E-state index contributed by atoms with van der Waals surface area (Å²) in [6.07, 6.45) is -6.74. The molecule has 1 aromatic heterocycles. The average Bonchev–Trinajstić information content (AvgIpc) is 2.90. The predicted octanol–water partition coefficient (Wildman–Crippen LogP) is 0.653. The molecule has 1 aliphatic heterocycles. The Kier molecular flexibility index (Phi) is 4.70. The van der Waals surface area contributed by atoms with E-state index in [9.17, 15) is 15.3 Å². The van der Waals surface area contributed by atoms with E-state index in [4.69, 9.17) is 37.8 Å². The molecule has 0 radical (unpaired) electrons. The summed E-state index contributed by atoms with van der Waals surface area (Å²) in [4.78, 5) is 2.92. The van der Waals surface area contributed by atoms with Crippen molar-refractivity contribution in [1.82, 2.24) is 4.98 Å². The van der Waals surface area contributed by atoms with Gasteiger partial charge in [-0.25, -0.2) is 0 Å². The molecule has 5 N–H and O–H groups in total. The second-order valence-electron chi connectivity index (χ2n) is 5.30. The van der Waals surface area contributed by atoms with Crippen LogP contribution in [0.15, 0.2) is 18.2 Å². The molecule has 3 rings (SSSR count). The molecule has 0 amide bonds. The molecule has 7 nitrogen and oxygen atoms in total. The fourth-order valence-electron chi connectivity index (χ4n) is 2.49. The monoisotopic (exact) mass is 363 g/mol. The Morgan fingerprint density at radius 3 is 2.52 bits per heavy atom. The lowest BCUT2D eigenvalue weighted by Gasteiger charge is -2.39. The lowest BCUT2D eigenvalue weighted by Crippen LogP contribution is -2.60. The molecule has 0 saturated carbocycles. The van der Waals surface area contributed by atoms with Gasteiger partial charge in [-0.1, -0.05) is 23.2 Å². The molecule has 0 aliphatic carbocycles. The Morgan fingerprint density at radius 2 is 1.83 bits per heavy atom. The molecule has 1 aliphatic rings. The van der Waals surface area contributed by atoms with E-state index in [-0.39, 0.29) is 5.88 Å². The van der Waals surface area contributed by atoms with Gasteiger partial charge in [0, 0.05) is 16.5 Å². The summed E-state index contributed by atoms with van der Waals surface area (Å²) in [5, 5.41) is 40.1. The van der Waals surface area contributed by atoms with Gasteiger partial charge in [0.1, 0.15) is 24.4 Å². The zero-order chi connectivity index (χ0) is 16.7. The van der Waals surface area contributed by atoms with Crippen LogP contribution < -0.4 is 4.74 Å². The first-order valence-electron chi connectivity index (χ1n) is 6.85. The van der Waals surface area contributed by atoms with Gasteiger partial charge in [-0.15, -0.1) is 0 Å². The van der Waals surface area contributed by atoms with Crippen LogP contribution in [0.5, 0.6) is 5.88 Å². The molecule has 0 spiro atoms. The third-order valence-corrected chi connectivity index (χ3v) is 4.25. The van der Waals surface area contributed by atoms with Crippen LogP contribution in [-0.2, 0) is 4.74 Å². The van der Waals surface area contributed by atoms with Crippen molar-refractivity contribution in [1.29, 1.82) is 0 Å². The number of H-pyrrole nitrogens is 1. The van der Waals surface area contributed by atoms with Gasteiger partial charge in [0.2, 0.25) is 6.29 Å². The molecule has 1 unspecified atom stereocenters. The van der Waals surface area contributed by atoms with E-state index >= 15 is 0 Å². The predicted molar refractivity (Wildman–Crippen MR) is 82.7 cm³/mol. The summed E-state index contributed by atoms with van der Waals surface area (Å²) >= 11 is 12.0. The summed E-state index contributed by atoms with van der Waals surface area (Å²) in [6, 6.07) is 4.83. The summed E-state index contributed by atoms with van der Waals surface area (Å²) in [7, 11) is 0. The average molecular weight is 364 g/mol. The highest BCUT2D eigenvalue weighted by Gasteiger charge is 2.44. The SMILES string of the molecule is OC[C@H]1OC(Oc2cc3c(Cl)cc(Cl)cc3[nH]2)[C@H](O)[C@@H](O)[C@H]1O. The third kappa shape index (κ3) is 3.14. The molecule has 23 heavy (non-hydrogen) atoms. The van der Waals surface area contributed by atoms with Crippen LogP contribution in [0.25, 0.3) is 10.9 Å². The van der Waals surface area contributed by atoms with Crippen LogP contribution >= 0.6 is 23.2 Å². The Bertz CT molecular complexity index is 706. The van der Waals surface area contributed by atoms with Gasteiger partial charge in [0.15, 0.2) is 5.88 Å². The van der Waals surface area contributed by atoms with Crippen molar-refractivity contribution < 1.29 is 29.9 Å². The highest BCUT2D eigenvalue weighted by atomic mass is 35.5. The number of aliphatic hydroxyl groups excluding tert-OH is 4. The molecular weight excluding hydrogens is 349 g/mol. The van der Waals surface area contributed by atoms with Gasteiger partial charge < -0.3 is 34.9 Å². The number of rotatable bonds is 3. The Labute approximate surface area is 141 Å². The first-order valence-corrected chi connectivity index (χ1v) is 7.61. The van der Waals surface area contributed by atoms with Crippen molar-refractivity contribution >= 4 is 34.1 Å². The lowest BCUT2D eigenvalue weighted by molar-refractivity contribution is -0.278. The van der Waals surface area contributed by atoms with Crippen molar-refractivity contribution in [2.24, 2.45) is 0 Å². The first kappa shape index (κ1) is 16.8. The maximum absolute atomic E-state index is 9.95. The number of ether oxygens (including phenoxy) is 2. The fraction of sp³-hybridized carbons (Fsp3) is 0.429. The van der Waals surface area contributed by atoms with Gasteiger partial charge in [0.05, 0.1) is 17.1 Å². The van der Waals surface area contributed by atoms with E-state index in [1.54, 1.807) is 18.2 Å². The van der Waals surface area contributed by atoms with Crippen molar-refractivity contribution in [3.63, 3.8) is 0 Å². The zero-order valence-electron chi connectivity index (χ0n) is 11.7. The minimum atomic E-state index is -1.51. The number of hydrogen-bond acceptors (Lipinski definition) is 6. The Hall–Kier alpha value is -1.06. The third-order valence-electron chi connectivity index (χ3n) is 3.72. The van der Waals surface area contributed by atoms with E-state index in [0.717, 1.165) is 0 Å². The molecule has 1 aromatic carbocycles. The maximum Gasteiger partial charge on any atom is 0.230 e. The number of aromatic amines is 1. The van der Waals surface area contributed by atoms with E-state index in [0.29, 0.717) is 20.9 Å². The van der Waals surface area contributed by atoms with E-state index in [1.807, 2.05) is 0 Å². The highest BCUT2D eigenvalue weighted by Crippen LogP contribution is 2.32. The number of nitrogens with one attached hydrogen (secondary N) is 1.